The van der Waals surface area contributed by atoms with Gasteiger partial charge in [0, 0.05) is 5.66 Å². The van der Waals surface area contributed by atoms with Crippen molar-refractivity contribution in [3.05, 3.63) is 48.3 Å². The molecule has 0 radical (unpaired) electrons. The smallest absolute Gasteiger partial charge is 0.122 e. The van der Waals surface area contributed by atoms with Crippen molar-refractivity contribution in [2.45, 2.75) is 30.6 Å². The minimum absolute atomic E-state index is 0.166. The zero-order valence-electron chi connectivity index (χ0n) is 9.33. The predicted molar refractivity (Wildman–Crippen MR) is 69.1 cm³/mol. The van der Waals surface area contributed by atoms with Crippen LogP contribution in [0.1, 0.15) is 19.3 Å². The van der Waals surface area contributed by atoms with Crippen LogP contribution in [0.4, 0.5) is 0 Å². The topological polar surface area (TPSA) is 17.1 Å². The summed E-state index contributed by atoms with van der Waals surface area (Å²) in [6.45, 7) is 0. The molecule has 2 heteroatoms. The van der Waals surface area contributed by atoms with Crippen LogP contribution in [-0.2, 0) is 4.57 Å². The number of rotatable bonds is 1. The SMILES string of the molecule is O=[P@]1(C2C=CCC=C2)C=C[C@@H]2CC=CC[C@@H]21. The third-order valence-corrected chi connectivity index (χ3v) is 7.48. The van der Waals surface area contributed by atoms with Crippen LogP contribution in [0.3, 0.4) is 0 Å². The Bertz CT molecular complexity index is 430. The molecule has 3 aliphatic rings. The molecule has 16 heavy (non-hydrogen) atoms. The van der Waals surface area contributed by atoms with E-state index in [-0.39, 0.29) is 5.66 Å². The van der Waals surface area contributed by atoms with Crippen LogP contribution in [0.2, 0.25) is 0 Å². The lowest BCUT2D eigenvalue weighted by Gasteiger charge is -2.30. The second kappa shape index (κ2) is 3.89. The van der Waals surface area contributed by atoms with Crippen LogP contribution < -0.4 is 0 Å². The highest BCUT2D eigenvalue weighted by Gasteiger charge is 2.43. The molecule has 0 amide bonds. The summed E-state index contributed by atoms with van der Waals surface area (Å²) < 4.78 is 13.1. The highest BCUT2D eigenvalue weighted by atomic mass is 31.2. The Labute approximate surface area is 97.0 Å². The van der Waals surface area contributed by atoms with Crippen molar-refractivity contribution in [3.8, 4) is 0 Å². The normalized spacial score (nSPS) is 41.5. The maximum Gasteiger partial charge on any atom is 0.122 e. The van der Waals surface area contributed by atoms with E-state index in [0.29, 0.717) is 11.6 Å². The highest BCUT2D eigenvalue weighted by Crippen LogP contribution is 2.66. The van der Waals surface area contributed by atoms with Gasteiger partial charge in [-0.25, -0.2) is 0 Å². The molecular formula is C14H17OP. The van der Waals surface area contributed by atoms with E-state index in [0.717, 1.165) is 19.3 Å². The van der Waals surface area contributed by atoms with Gasteiger partial charge in [0.15, 0.2) is 0 Å². The Morgan fingerprint density at radius 2 is 1.69 bits per heavy atom. The molecule has 3 rings (SSSR count). The molecular weight excluding hydrogens is 215 g/mol. The highest BCUT2D eigenvalue weighted by molar-refractivity contribution is 7.69. The number of allylic oxidation sites excluding steroid dienone is 7. The first-order chi connectivity index (χ1) is 7.81. The van der Waals surface area contributed by atoms with E-state index in [2.05, 4.69) is 42.5 Å². The fourth-order valence-corrected chi connectivity index (χ4v) is 6.42. The second-order valence-corrected chi connectivity index (χ2v) is 7.95. The molecule has 3 atom stereocenters. The van der Waals surface area contributed by atoms with Gasteiger partial charge in [-0.1, -0.05) is 42.5 Å². The molecule has 0 spiro atoms. The van der Waals surface area contributed by atoms with Gasteiger partial charge in [0.2, 0.25) is 0 Å². The molecule has 1 aliphatic heterocycles. The number of hydrogen-bond donors (Lipinski definition) is 0. The average Bonchev–Trinajstić information content (AvgIpc) is 2.71. The second-order valence-electron chi connectivity index (χ2n) is 4.86. The number of hydrogen-bond acceptors (Lipinski definition) is 1. The summed E-state index contributed by atoms with van der Waals surface area (Å²) in [7, 11) is -2.18. The zero-order valence-corrected chi connectivity index (χ0v) is 10.2. The van der Waals surface area contributed by atoms with Crippen molar-refractivity contribution >= 4 is 7.14 Å². The van der Waals surface area contributed by atoms with E-state index in [1.54, 1.807) is 0 Å². The molecule has 0 N–H and O–H groups in total. The van der Waals surface area contributed by atoms with Crippen molar-refractivity contribution in [2.24, 2.45) is 5.92 Å². The molecule has 1 heterocycles. The molecule has 0 aromatic rings. The summed E-state index contributed by atoms with van der Waals surface area (Å²) >= 11 is 0. The molecule has 0 bridgehead atoms. The molecule has 0 unspecified atom stereocenters. The summed E-state index contributed by atoms with van der Waals surface area (Å²) in [6.07, 6.45) is 18.3. The third kappa shape index (κ3) is 1.50. The Balaban J connectivity index is 1.93. The van der Waals surface area contributed by atoms with Crippen molar-refractivity contribution in [3.63, 3.8) is 0 Å². The molecule has 0 saturated heterocycles. The van der Waals surface area contributed by atoms with Gasteiger partial charge in [-0.15, -0.1) is 0 Å². The van der Waals surface area contributed by atoms with E-state index < -0.39 is 7.14 Å². The van der Waals surface area contributed by atoms with Crippen LogP contribution in [0, 0.1) is 5.92 Å². The summed E-state index contributed by atoms with van der Waals surface area (Å²) in [5.41, 5.74) is 0.536. The van der Waals surface area contributed by atoms with Gasteiger partial charge in [0.25, 0.3) is 0 Å². The van der Waals surface area contributed by atoms with Crippen LogP contribution >= 0.6 is 7.14 Å². The first-order valence-corrected chi connectivity index (χ1v) is 7.99. The monoisotopic (exact) mass is 232 g/mol. The molecule has 1 nitrogen and oxygen atoms in total. The largest absolute Gasteiger partial charge is 0.318 e. The number of fused-ring (bicyclic) bond motifs is 1. The van der Waals surface area contributed by atoms with Gasteiger partial charge >= 0.3 is 0 Å². The van der Waals surface area contributed by atoms with Crippen molar-refractivity contribution in [1.82, 2.24) is 0 Å². The maximum atomic E-state index is 13.1. The lowest BCUT2D eigenvalue weighted by molar-refractivity contribution is 0.537. The maximum absolute atomic E-state index is 13.1. The van der Waals surface area contributed by atoms with Crippen LogP contribution in [0.15, 0.2) is 48.3 Å². The zero-order chi connectivity index (χ0) is 11.0. The first kappa shape index (κ1) is 10.4. The molecule has 0 saturated carbocycles. The van der Waals surface area contributed by atoms with E-state index in [1.165, 1.54) is 0 Å². The van der Waals surface area contributed by atoms with Crippen LogP contribution in [0.5, 0.6) is 0 Å². The van der Waals surface area contributed by atoms with Gasteiger partial charge in [-0.3, -0.25) is 0 Å². The van der Waals surface area contributed by atoms with Crippen molar-refractivity contribution < 1.29 is 4.57 Å². The fraction of sp³-hybridized carbons (Fsp3) is 0.429. The lowest BCUT2D eigenvalue weighted by Crippen LogP contribution is -2.20. The Hall–Kier alpha value is -0.810. The Morgan fingerprint density at radius 3 is 2.50 bits per heavy atom. The van der Waals surface area contributed by atoms with Gasteiger partial charge in [0.1, 0.15) is 7.14 Å². The van der Waals surface area contributed by atoms with E-state index in [1.807, 2.05) is 5.82 Å². The lowest BCUT2D eigenvalue weighted by atomic mass is 9.94. The van der Waals surface area contributed by atoms with Crippen LogP contribution in [-0.4, -0.2) is 11.3 Å². The summed E-state index contributed by atoms with van der Waals surface area (Å²) in [5.74, 6) is 2.57. The molecule has 0 aromatic heterocycles. The van der Waals surface area contributed by atoms with Gasteiger partial charge in [-0.2, -0.15) is 0 Å². The minimum atomic E-state index is -2.18. The van der Waals surface area contributed by atoms with Crippen LogP contribution in [0.25, 0.3) is 0 Å². The van der Waals surface area contributed by atoms with Gasteiger partial charge in [-0.05, 0) is 31.0 Å². The molecule has 0 fully saturated rings. The minimum Gasteiger partial charge on any atom is -0.318 e. The van der Waals surface area contributed by atoms with E-state index >= 15 is 0 Å². The summed E-state index contributed by atoms with van der Waals surface area (Å²) in [5, 5.41) is 0. The Morgan fingerprint density at radius 1 is 0.938 bits per heavy atom. The van der Waals surface area contributed by atoms with Crippen molar-refractivity contribution in [1.29, 1.82) is 0 Å². The summed E-state index contributed by atoms with van der Waals surface area (Å²) in [6, 6.07) is 0. The standard InChI is InChI=1S/C14H17OP/c15-16(13-7-2-1-3-8-13)11-10-12-6-4-5-9-14(12)16/h2-5,7-8,10-14H,1,6,9H2/t12-,14-,16-/m0/s1. The van der Waals surface area contributed by atoms with Gasteiger partial charge in [0.05, 0.1) is 5.66 Å². The first-order valence-electron chi connectivity index (χ1n) is 6.07. The molecule has 2 aliphatic carbocycles. The van der Waals surface area contributed by atoms with Crippen molar-refractivity contribution in [2.75, 3.05) is 0 Å². The molecule has 0 aromatic carbocycles. The summed E-state index contributed by atoms with van der Waals surface area (Å²) in [4.78, 5) is 0. The van der Waals surface area contributed by atoms with E-state index in [4.69, 9.17) is 0 Å². The Kier molecular flexibility index (Phi) is 2.52. The van der Waals surface area contributed by atoms with Gasteiger partial charge < -0.3 is 4.57 Å². The average molecular weight is 232 g/mol. The fourth-order valence-electron chi connectivity index (χ4n) is 3.02. The third-order valence-electron chi connectivity index (χ3n) is 3.94. The predicted octanol–water partition coefficient (Wildman–Crippen LogP) is 4.10. The molecule has 84 valence electrons. The van der Waals surface area contributed by atoms with E-state index in [9.17, 15) is 4.57 Å². The quantitative estimate of drug-likeness (QED) is 0.491.